The topological polar surface area (TPSA) is 54.3 Å². The maximum absolute atomic E-state index is 12.0. The smallest absolute Gasteiger partial charge is 0.392 e. The molecule has 2 N–H and O–H groups in total. The van der Waals surface area contributed by atoms with Gasteiger partial charge in [-0.05, 0) is 17.7 Å². The first-order valence-corrected chi connectivity index (χ1v) is 5.92. The van der Waals surface area contributed by atoms with Crippen LogP contribution < -0.4 is 5.32 Å². The number of carbonyl (C=O) groups excluding carboxylic acids is 1. The van der Waals surface area contributed by atoms with E-state index in [9.17, 15) is 23.1 Å². The summed E-state index contributed by atoms with van der Waals surface area (Å²) in [7, 11) is 0. The normalized spacial score (nSPS) is 11.8. The number of halogens is 3. The van der Waals surface area contributed by atoms with Gasteiger partial charge in [0.2, 0.25) is 5.91 Å². The predicted molar refractivity (Wildman–Crippen MR) is 66.9 cm³/mol. The molecule has 0 aliphatic carbocycles. The Morgan fingerprint density at radius 1 is 1.30 bits per heavy atom. The Bertz CT molecular complexity index is 620. The number of hydrogen-bond acceptors (Lipinski definition) is 2. The van der Waals surface area contributed by atoms with Crippen molar-refractivity contribution in [3.63, 3.8) is 0 Å². The van der Waals surface area contributed by atoms with Crippen LogP contribution in [0.1, 0.15) is 5.56 Å². The van der Waals surface area contributed by atoms with Crippen molar-refractivity contribution in [1.29, 1.82) is 0 Å². The van der Waals surface area contributed by atoms with Crippen LogP contribution >= 0.6 is 0 Å². The molecule has 0 aliphatic heterocycles. The van der Waals surface area contributed by atoms with E-state index in [1.54, 1.807) is 35.0 Å². The molecule has 108 valence electrons. The highest BCUT2D eigenvalue weighted by Crippen LogP contribution is 2.20. The minimum absolute atomic E-state index is 0.137. The Hall–Kier alpha value is -2.02. The van der Waals surface area contributed by atoms with E-state index in [1.165, 1.54) is 0 Å². The number of fused-ring (bicyclic) bond motifs is 1. The van der Waals surface area contributed by atoms with Gasteiger partial charge in [-0.3, -0.25) is 4.79 Å². The van der Waals surface area contributed by atoms with Gasteiger partial charge in [0.25, 0.3) is 0 Å². The summed E-state index contributed by atoms with van der Waals surface area (Å²) < 4.78 is 37.5. The Kier molecular flexibility index (Phi) is 3.99. The molecule has 2 rings (SSSR count). The van der Waals surface area contributed by atoms with Crippen LogP contribution in [-0.4, -0.2) is 28.3 Å². The van der Waals surface area contributed by atoms with Crippen LogP contribution in [0.2, 0.25) is 0 Å². The Morgan fingerprint density at radius 2 is 2.05 bits per heavy atom. The fourth-order valence-corrected chi connectivity index (χ4v) is 1.97. The van der Waals surface area contributed by atoms with E-state index >= 15 is 0 Å². The Labute approximate surface area is 112 Å². The zero-order chi connectivity index (χ0) is 14.8. The third kappa shape index (κ3) is 3.30. The molecule has 0 radical (unpaired) electrons. The summed E-state index contributed by atoms with van der Waals surface area (Å²) in [5.74, 6) is -0.714. The minimum atomic E-state index is -4.42. The highest BCUT2D eigenvalue weighted by atomic mass is 19.4. The standard InChI is InChI=1S/C13H13F3N2O2/c14-13(15,16)8-17-12(20)6-18-5-4-10-9(7-19)2-1-3-11(10)18/h1-5,19H,6-8H2,(H,17,20). The van der Waals surface area contributed by atoms with E-state index < -0.39 is 18.6 Å². The number of nitrogens with one attached hydrogen (secondary N) is 1. The molecular formula is C13H13F3N2O2. The molecule has 1 heterocycles. The summed E-state index contributed by atoms with van der Waals surface area (Å²) in [5.41, 5.74) is 1.40. The summed E-state index contributed by atoms with van der Waals surface area (Å²) in [6.45, 7) is -1.68. The number of aliphatic hydroxyl groups excluding tert-OH is 1. The van der Waals surface area contributed by atoms with E-state index in [2.05, 4.69) is 0 Å². The minimum Gasteiger partial charge on any atom is -0.392 e. The highest BCUT2D eigenvalue weighted by Gasteiger charge is 2.27. The predicted octanol–water partition coefficient (Wildman–Crippen LogP) is 1.81. The van der Waals surface area contributed by atoms with E-state index in [0.29, 0.717) is 11.1 Å². The lowest BCUT2D eigenvalue weighted by atomic mass is 10.1. The summed E-state index contributed by atoms with van der Waals surface area (Å²) in [5, 5.41) is 11.8. The number of aromatic nitrogens is 1. The number of alkyl halides is 3. The molecule has 2 aromatic rings. The van der Waals surface area contributed by atoms with Crippen LogP contribution in [-0.2, 0) is 17.9 Å². The lowest BCUT2D eigenvalue weighted by molar-refractivity contribution is -0.138. The molecule has 7 heteroatoms. The monoisotopic (exact) mass is 286 g/mol. The number of nitrogens with zero attached hydrogens (tertiary/aromatic N) is 1. The fourth-order valence-electron chi connectivity index (χ4n) is 1.97. The number of benzene rings is 1. The van der Waals surface area contributed by atoms with Crippen molar-refractivity contribution in [1.82, 2.24) is 9.88 Å². The summed E-state index contributed by atoms with van der Waals surface area (Å²) >= 11 is 0. The van der Waals surface area contributed by atoms with Gasteiger partial charge in [-0.15, -0.1) is 0 Å². The Balaban J connectivity index is 2.12. The molecule has 0 unspecified atom stereocenters. The van der Waals surface area contributed by atoms with Crippen molar-refractivity contribution in [2.24, 2.45) is 0 Å². The second kappa shape index (κ2) is 5.54. The number of aliphatic hydroxyl groups is 1. The van der Waals surface area contributed by atoms with Crippen LogP contribution in [0, 0.1) is 0 Å². The zero-order valence-corrected chi connectivity index (χ0v) is 10.4. The van der Waals surface area contributed by atoms with E-state index in [-0.39, 0.29) is 13.2 Å². The van der Waals surface area contributed by atoms with Gasteiger partial charge >= 0.3 is 6.18 Å². The molecule has 0 spiro atoms. The fraction of sp³-hybridized carbons (Fsp3) is 0.308. The van der Waals surface area contributed by atoms with Crippen LogP contribution in [0.5, 0.6) is 0 Å². The van der Waals surface area contributed by atoms with Crippen molar-refractivity contribution >= 4 is 16.8 Å². The van der Waals surface area contributed by atoms with Crippen LogP contribution in [0.3, 0.4) is 0 Å². The van der Waals surface area contributed by atoms with Gasteiger partial charge in [0.1, 0.15) is 13.1 Å². The summed E-state index contributed by atoms with van der Waals surface area (Å²) in [4.78, 5) is 11.5. The molecule has 4 nitrogen and oxygen atoms in total. The van der Waals surface area contributed by atoms with Gasteiger partial charge < -0.3 is 15.0 Å². The van der Waals surface area contributed by atoms with E-state index in [0.717, 1.165) is 5.39 Å². The molecule has 0 saturated carbocycles. The average Bonchev–Trinajstić information content (AvgIpc) is 2.79. The first-order chi connectivity index (χ1) is 9.40. The zero-order valence-electron chi connectivity index (χ0n) is 10.4. The van der Waals surface area contributed by atoms with Crippen molar-refractivity contribution in [3.05, 3.63) is 36.0 Å². The molecule has 0 atom stereocenters. The van der Waals surface area contributed by atoms with Crippen molar-refractivity contribution < 1.29 is 23.1 Å². The second-order valence-corrected chi connectivity index (χ2v) is 4.34. The van der Waals surface area contributed by atoms with Crippen molar-refractivity contribution in [2.75, 3.05) is 6.54 Å². The van der Waals surface area contributed by atoms with Gasteiger partial charge in [-0.1, -0.05) is 12.1 Å². The highest BCUT2D eigenvalue weighted by molar-refractivity contribution is 5.85. The molecule has 0 aliphatic rings. The van der Waals surface area contributed by atoms with Gasteiger partial charge in [0.15, 0.2) is 0 Å². The quantitative estimate of drug-likeness (QED) is 0.900. The first-order valence-electron chi connectivity index (χ1n) is 5.92. The van der Waals surface area contributed by atoms with E-state index in [1.807, 2.05) is 5.32 Å². The molecule has 20 heavy (non-hydrogen) atoms. The SMILES string of the molecule is O=C(Cn1ccc2c(CO)cccc21)NCC(F)(F)F. The maximum Gasteiger partial charge on any atom is 0.405 e. The number of rotatable bonds is 4. The lowest BCUT2D eigenvalue weighted by Crippen LogP contribution is -2.35. The molecule has 1 aromatic heterocycles. The van der Waals surface area contributed by atoms with Crippen molar-refractivity contribution in [3.8, 4) is 0 Å². The average molecular weight is 286 g/mol. The third-order valence-electron chi connectivity index (χ3n) is 2.87. The van der Waals surface area contributed by atoms with Crippen molar-refractivity contribution in [2.45, 2.75) is 19.3 Å². The van der Waals surface area contributed by atoms with Gasteiger partial charge in [-0.25, -0.2) is 0 Å². The van der Waals surface area contributed by atoms with Gasteiger partial charge in [0.05, 0.1) is 6.61 Å². The van der Waals surface area contributed by atoms with Crippen LogP contribution in [0.15, 0.2) is 30.5 Å². The van der Waals surface area contributed by atoms with Gasteiger partial charge in [0, 0.05) is 17.1 Å². The molecule has 1 amide bonds. The largest absolute Gasteiger partial charge is 0.405 e. The molecule has 0 saturated heterocycles. The van der Waals surface area contributed by atoms with E-state index in [4.69, 9.17) is 0 Å². The third-order valence-corrected chi connectivity index (χ3v) is 2.87. The van der Waals surface area contributed by atoms with Crippen LogP contribution in [0.4, 0.5) is 13.2 Å². The maximum atomic E-state index is 12.0. The molecule has 0 bridgehead atoms. The number of hydrogen-bond donors (Lipinski definition) is 2. The summed E-state index contributed by atoms with van der Waals surface area (Å²) in [6, 6.07) is 6.93. The van der Waals surface area contributed by atoms with Gasteiger partial charge in [-0.2, -0.15) is 13.2 Å². The van der Waals surface area contributed by atoms with Crippen LogP contribution in [0.25, 0.3) is 10.9 Å². The molecular weight excluding hydrogens is 273 g/mol. The first kappa shape index (κ1) is 14.4. The number of amides is 1. The molecule has 0 fully saturated rings. The summed E-state index contributed by atoms with van der Waals surface area (Å²) in [6.07, 6.45) is -2.81. The lowest BCUT2D eigenvalue weighted by Gasteiger charge is -2.10. The molecule has 1 aromatic carbocycles. The second-order valence-electron chi connectivity index (χ2n) is 4.34. The number of carbonyl (C=O) groups is 1. The Morgan fingerprint density at radius 3 is 2.70 bits per heavy atom.